The molecule has 5 aromatic rings. The topological polar surface area (TPSA) is 105 Å². The molecule has 8 nitrogen and oxygen atoms in total. The molecule has 2 amide bonds. The molecule has 0 saturated carbocycles. The second-order valence-electron chi connectivity index (χ2n) is 8.23. The summed E-state index contributed by atoms with van der Waals surface area (Å²) in [6, 6.07) is 24.9. The Bertz CT molecular complexity index is 1530. The third-order valence-corrected chi connectivity index (χ3v) is 6.64. The highest BCUT2D eigenvalue weighted by atomic mass is 32.2. The summed E-state index contributed by atoms with van der Waals surface area (Å²) in [5.41, 5.74) is 4.17. The molecule has 0 aliphatic carbocycles. The van der Waals surface area contributed by atoms with Gasteiger partial charge in [0.15, 0.2) is 11.0 Å². The minimum absolute atomic E-state index is 0.147. The number of carbonyl (C=O) groups is 2. The molecule has 2 heterocycles. The fourth-order valence-electron chi connectivity index (χ4n) is 3.88. The minimum atomic E-state index is -0.442. The molecule has 0 aliphatic rings. The molecule has 1 unspecified atom stereocenters. The minimum Gasteiger partial charge on any atom is -0.360 e. The average molecular weight is 497 g/mol. The van der Waals surface area contributed by atoms with Gasteiger partial charge in [-0.25, -0.2) is 0 Å². The molecule has 3 N–H and O–H groups in total. The zero-order chi connectivity index (χ0) is 25.1. The van der Waals surface area contributed by atoms with Gasteiger partial charge >= 0.3 is 0 Å². The van der Waals surface area contributed by atoms with Gasteiger partial charge in [0.25, 0.3) is 0 Å². The number of amides is 2. The lowest BCUT2D eigenvalue weighted by atomic mass is 10.1. The number of nitrogens with one attached hydrogen (secondary N) is 3. The van der Waals surface area contributed by atoms with E-state index in [1.54, 1.807) is 24.3 Å². The van der Waals surface area contributed by atoms with E-state index in [2.05, 4.69) is 25.8 Å². The average Bonchev–Trinajstić information content (AvgIpc) is 3.49. The number of rotatable bonds is 7. The highest BCUT2D eigenvalue weighted by Crippen LogP contribution is 2.33. The van der Waals surface area contributed by atoms with E-state index >= 15 is 0 Å². The molecular formula is C27H24N6O2S. The molecule has 36 heavy (non-hydrogen) atoms. The van der Waals surface area contributed by atoms with Crippen molar-refractivity contribution in [2.45, 2.75) is 24.3 Å². The van der Waals surface area contributed by atoms with Gasteiger partial charge in [0.2, 0.25) is 11.8 Å². The van der Waals surface area contributed by atoms with Crippen LogP contribution in [0.2, 0.25) is 0 Å². The first-order valence-electron chi connectivity index (χ1n) is 11.4. The van der Waals surface area contributed by atoms with Crippen molar-refractivity contribution in [1.29, 1.82) is 0 Å². The number of para-hydroxylation sites is 2. The molecule has 3 aromatic carbocycles. The van der Waals surface area contributed by atoms with Gasteiger partial charge in [-0.3, -0.25) is 14.2 Å². The zero-order valence-electron chi connectivity index (χ0n) is 19.7. The van der Waals surface area contributed by atoms with Gasteiger partial charge in [-0.05, 0) is 49.4 Å². The largest absolute Gasteiger partial charge is 0.360 e. The van der Waals surface area contributed by atoms with Crippen LogP contribution in [0.3, 0.4) is 0 Å². The van der Waals surface area contributed by atoms with Gasteiger partial charge < -0.3 is 15.6 Å². The molecule has 0 aliphatic heterocycles. The van der Waals surface area contributed by atoms with E-state index < -0.39 is 5.25 Å². The maximum atomic E-state index is 13.0. The van der Waals surface area contributed by atoms with Crippen LogP contribution in [0.25, 0.3) is 28.0 Å². The predicted octanol–water partition coefficient (Wildman–Crippen LogP) is 5.49. The van der Waals surface area contributed by atoms with Crippen LogP contribution < -0.4 is 10.6 Å². The normalized spacial score (nSPS) is 11.8. The van der Waals surface area contributed by atoms with E-state index in [1.165, 1.54) is 18.7 Å². The molecule has 0 spiro atoms. The van der Waals surface area contributed by atoms with Crippen molar-refractivity contribution in [1.82, 2.24) is 19.7 Å². The number of thioether (sulfide) groups is 1. The number of H-pyrrole nitrogens is 1. The van der Waals surface area contributed by atoms with Crippen molar-refractivity contribution in [2.24, 2.45) is 0 Å². The molecule has 2 aromatic heterocycles. The van der Waals surface area contributed by atoms with Crippen LogP contribution >= 0.6 is 11.8 Å². The first-order valence-corrected chi connectivity index (χ1v) is 12.3. The summed E-state index contributed by atoms with van der Waals surface area (Å²) in [6.07, 6.45) is 1.93. The maximum Gasteiger partial charge on any atom is 0.237 e. The maximum absolute atomic E-state index is 13.0. The van der Waals surface area contributed by atoms with Crippen molar-refractivity contribution >= 4 is 45.9 Å². The van der Waals surface area contributed by atoms with E-state index in [-0.39, 0.29) is 11.8 Å². The smallest absolute Gasteiger partial charge is 0.237 e. The SMILES string of the molecule is CC(=O)Nc1ccc(NC(=O)C(C)Sc2nnc(-c3c[nH]c4ccccc34)n2-c2ccccc2)cc1. The Morgan fingerprint density at radius 1 is 0.889 bits per heavy atom. The highest BCUT2D eigenvalue weighted by molar-refractivity contribution is 8.00. The second-order valence-corrected chi connectivity index (χ2v) is 9.54. The fraction of sp³-hybridized carbons (Fsp3) is 0.111. The van der Waals surface area contributed by atoms with Crippen molar-refractivity contribution < 1.29 is 9.59 Å². The third kappa shape index (κ3) is 4.87. The Labute approximate surface area is 212 Å². The summed E-state index contributed by atoms with van der Waals surface area (Å²) in [5.74, 6) is 0.386. The number of aromatic amines is 1. The number of carbonyl (C=O) groups excluding carboxylic acids is 2. The molecular weight excluding hydrogens is 472 g/mol. The molecule has 0 saturated heterocycles. The van der Waals surface area contributed by atoms with Crippen LogP contribution in [0, 0.1) is 0 Å². The summed E-state index contributed by atoms with van der Waals surface area (Å²) >= 11 is 1.34. The summed E-state index contributed by atoms with van der Waals surface area (Å²) in [6.45, 7) is 3.29. The number of hydrogen-bond donors (Lipinski definition) is 3. The Morgan fingerprint density at radius 2 is 1.56 bits per heavy atom. The van der Waals surface area contributed by atoms with Gasteiger partial charge in [0, 0.05) is 46.6 Å². The second kappa shape index (κ2) is 10.1. The summed E-state index contributed by atoms with van der Waals surface area (Å²) < 4.78 is 1.98. The number of benzene rings is 3. The lowest BCUT2D eigenvalue weighted by Gasteiger charge is -2.14. The van der Waals surface area contributed by atoms with Crippen LogP contribution in [0.1, 0.15) is 13.8 Å². The monoisotopic (exact) mass is 496 g/mol. The molecule has 9 heteroatoms. The van der Waals surface area contributed by atoms with Crippen LogP contribution in [0.5, 0.6) is 0 Å². The number of fused-ring (bicyclic) bond motifs is 1. The van der Waals surface area contributed by atoms with Crippen molar-refractivity contribution in [3.05, 3.63) is 85.1 Å². The summed E-state index contributed by atoms with van der Waals surface area (Å²) in [7, 11) is 0. The number of nitrogens with zero attached hydrogens (tertiary/aromatic N) is 3. The van der Waals surface area contributed by atoms with Crippen molar-refractivity contribution in [2.75, 3.05) is 10.6 Å². The standard InChI is InChI=1S/C27H24N6O2S/c1-17(26(35)30-20-14-12-19(13-15-20)29-18(2)34)36-27-32-31-25(33(27)21-8-4-3-5-9-21)23-16-28-24-11-7-6-10-22(23)24/h3-17,28H,1-2H3,(H,29,34)(H,30,35). The number of hydrogen-bond acceptors (Lipinski definition) is 5. The Balaban J connectivity index is 1.41. The lowest BCUT2D eigenvalue weighted by molar-refractivity contribution is -0.115. The number of anilines is 2. The molecule has 0 fully saturated rings. The molecule has 180 valence electrons. The third-order valence-electron chi connectivity index (χ3n) is 5.60. The van der Waals surface area contributed by atoms with Crippen LogP contribution in [-0.2, 0) is 9.59 Å². The molecule has 0 bridgehead atoms. The van der Waals surface area contributed by atoms with E-state index in [0.717, 1.165) is 22.2 Å². The van der Waals surface area contributed by atoms with Gasteiger partial charge in [-0.15, -0.1) is 10.2 Å². The Morgan fingerprint density at radius 3 is 2.28 bits per heavy atom. The Hall–Kier alpha value is -4.37. The van der Waals surface area contributed by atoms with Crippen LogP contribution in [0.15, 0.2) is 90.2 Å². The molecule has 5 rings (SSSR count). The Kier molecular flexibility index (Phi) is 6.55. The van der Waals surface area contributed by atoms with Gasteiger partial charge in [0.1, 0.15) is 0 Å². The van der Waals surface area contributed by atoms with E-state index in [0.29, 0.717) is 22.4 Å². The first kappa shape index (κ1) is 23.4. The number of aromatic nitrogens is 4. The van der Waals surface area contributed by atoms with Crippen LogP contribution in [-0.4, -0.2) is 36.8 Å². The van der Waals surface area contributed by atoms with Gasteiger partial charge in [-0.2, -0.15) is 0 Å². The lowest BCUT2D eigenvalue weighted by Crippen LogP contribution is -2.23. The van der Waals surface area contributed by atoms with Crippen molar-refractivity contribution in [3.63, 3.8) is 0 Å². The fourth-order valence-corrected chi connectivity index (χ4v) is 4.75. The van der Waals surface area contributed by atoms with E-state index in [9.17, 15) is 9.59 Å². The first-order chi connectivity index (χ1) is 17.5. The molecule has 1 atom stereocenters. The summed E-state index contributed by atoms with van der Waals surface area (Å²) in [4.78, 5) is 27.5. The summed E-state index contributed by atoms with van der Waals surface area (Å²) in [5, 5.41) is 15.8. The zero-order valence-corrected chi connectivity index (χ0v) is 20.5. The predicted molar refractivity (Wildman–Crippen MR) is 143 cm³/mol. The van der Waals surface area contributed by atoms with E-state index in [4.69, 9.17) is 0 Å². The molecule has 0 radical (unpaired) electrons. The highest BCUT2D eigenvalue weighted by Gasteiger charge is 2.23. The van der Waals surface area contributed by atoms with Crippen molar-refractivity contribution in [3.8, 4) is 17.1 Å². The quantitative estimate of drug-likeness (QED) is 0.258. The van der Waals surface area contributed by atoms with E-state index in [1.807, 2.05) is 72.3 Å². The van der Waals surface area contributed by atoms with Gasteiger partial charge in [-0.1, -0.05) is 48.2 Å². The van der Waals surface area contributed by atoms with Crippen LogP contribution in [0.4, 0.5) is 11.4 Å². The van der Waals surface area contributed by atoms with Gasteiger partial charge in [0.05, 0.1) is 5.25 Å².